The lowest BCUT2D eigenvalue weighted by atomic mass is 10.0. The van der Waals surface area contributed by atoms with Crippen molar-refractivity contribution in [1.29, 1.82) is 0 Å². The van der Waals surface area contributed by atoms with Crippen LogP contribution in [-0.4, -0.2) is 26.3 Å². The first-order valence-corrected chi connectivity index (χ1v) is 11.1. The van der Waals surface area contributed by atoms with Crippen LogP contribution in [0.25, 0.3) is 11.0 Å². The Morgan fingerprint density at radius 1 is 1.03 bits per heavy atom. The number of para-hydroxylation sites is 2. The smallest absolute Gasteiger partial charge is 0.253 e. The summed E-state index contributed by atoms with van der Waals surface area (Å²) in [6.45, 7) is 4.56. The molecule has 0 unspecified atom stereocenters. The third-order valence-corrected chi connectivity index (χ3v) is 5.97. The molecule has 0 spiro atoms. The van der Waals surface area contributed by atoms with Crippen molar-refractivity contribution in [2.45, 2.75) is 38.8 Å². The minimum absolute atomic E-state index is 0.0246. The SMILES string of the molecule is CC(C)c1ccc(NC(=O)C[C@@H]2C(=O)N(Cc3ccccn3)c3nc4ccccc4n32)cc1. The van der Waals surface area contributed by atoms with E-state index in [1.165, 1.54) is 5.56 Å². The maximum absolute atomic E-state index is 13.4. The van der Waals surface area contributed by atoms with E-state index in [0.717, 1.165) is 22.4 Å². The van der Waals surface area contributed by atoms with E-state index in [4.69, 9.17) is 4.98 Å². The van der Waals surface area contributed by atoms with Gasteiger partial charge in [-0.05, 0) is 47.9 Å². The summed E-state index contributed by atoms with van der Waals surface area (Å²) in [6, 6.07) is 20.4. The summed E-state index contributed by atoms with van der Waals surface area (Å²) in [5.41, 5.74) is 4.32. The zero-order chi connectivity index (χ0) is 22.9. The maximum atomic E-state index is 13.4. The number of nitrogens with one attached hydrogen (secondary N) is 1. The van der Waals surface area contributed by atoms with Crippen LogP contribution in [0.5, 0.6) is 0 Å². The van der Waals surface area contributed by atoms with Gasteiger partial charge in [-0.1, -0.05) is 44.2 Å². The molecule has 7 heteroatoms. The Morgan fingerprint density at radius 3 is 2.52 bits per heavy atom. The Morgan fingerprint density at radius 2 is 1.79 bits per heavy atom. The standard InChI is InChI=1S/C26H25N5O2/c1-17(2)18-10-12-19(13-11-18)28-24(32)15-23-25(33)30(16-20-7-5-6-14-27-20)26-29-21-8-3-4-9-22(21)31(23)26/h3-14,17,23H,15-16H2,1-2H3,(H,28,32)/t23-/m1/s1. The molecule has 1 aliphatic rings. The first-order valence-electron chi connectivity index (χ1n) is 11.1. The summed E-state index contributed by atoms with van der Waals surface area (Å²) in [6.07, 6.45) is 1.73. The Balaban J connectivity index is 1.42. The minimum atomic E-state index is -0.661. The lowest BCUT2D eigenvalue weighted by molar-refractivity contribution is -0.124. The Hall–Kier alpha value is -4.00. The summed E-state index contributed by atoms with van der Waals surface area (Å²) in [7, 11) is 0. The highest BCUT2D eigenvalue weighted by Gasteiger charge is 2.41. The van der Waals surface area contributed by atoms with E-state index < -0.39 is 6.04 Å². The van der Waals surface area contributed by atoms with Gasteiger partial charge in [0.25, 0.3) is 5.91 Å². The number of nitrogens with zero attached hydrogens (tertiary/aromatic N) is 4. The largest absolute Gasteiger partial charge is 0.326 e. The molecule has 1 N–H and O–H groups in total. The van der Waals surface area contributed by atoms with Gasteiger partial charge >= 0.3 is 0 Å². The van der Waals surface area contributed by atoms with Crippen molar-refractivity contribution < 1.29 is 9.59 Å². The Bertz CT molecular complexity index is 1310. The summed E-state index contributed by atoms with van der Waals surface area (Å²) < 4.78 is 1.88. The third kappa shape index (κ3) is 3.98. The highest BCUT2D eigenvalue weighted by Crippen LogP contribution is 2.37. The molecule has 33 heavy (non-hydrogen) atoms. The second-order valence-electron chi connectivity index (χ2n) is 8.56. The molecule has 0 saturated heterocycles. The number of benzene rings is 2. The Labute approximate surface area is 192 Å². The number of hydrogen-bond acceptors (Lipinski definition) is 4. The van der Waals surface area contributed by atoms with Gasteiger partial charge < -0.3 is 5.32 Å². The van der Waals surface area contributed by atoms with Gasteiger partial charge in [-0.3, -0.25) is 24.0 Å². The van der Waals surface area contributed by atoms with Crippen molar-refractivity contribution in [2.75, 3.05) is 10.2 Å². The van der Waals surface area contributed by atoms with Gasteiger partial charge in [-0.25, -0.2) is 4.98 Å². The van der Waals surface area contributed by atoms with E-state index in [9.17, 15) is 9.59 Å². The van der Waals surface area contributed by atoms with Crippen LogP contribution in [0.2, 0.25) is 0 Å². The zero-order valence-electron chi connectivity index (χ0n) is 18.6. The van der Waals surface area contributed by atoms with E-state index in [0.29, 0.717) is 18.4 Å². The number of carbonyl (C=O) groups is 2. The molecule has 2 amide bonds. The number of hydrogen-bond donors (Lipinski definition) is 1. The average Bonchev–Trinajstić information content (AvgIpc) is 3.31. The van der Waals surface area contributed by atoms with Gasteiger partial charge in [-0.15, -0.1) is 0 Å². The van der Waals surface area contributed by atoms with Crippen LogP contribution >= 0.6 is 0 Å². The number of imidazole rings is 1. The molecule has 1 aliphatic heterocycles. The second kappa shape index (κ2) is 8.50. The van der Waals surface area contributed by atoms with E-state index in [2.05, 4.69) is 24.1 Å². The molecule has 4 aromatic rings. The minimum Gasteiger partial charge on any atom is -0.326 e. The fourth-order valence-electron chi connectivity index (χ4n) is 4.24. The highest BCUT2D eigenvalue weighted by atomic mass is 16.2. The Kier molecular flexibility index (Phi) is 5.38. The van der Waals surface area contributed by atoms with Gasteiger partial charge in [0.1, 0.15) is 6.04 Å². The molecule has 0 saturated carbocycles. The van der Waals surface area contributed by atoms with E-state index in [1.54, 1.807) is 11.1 Å². The van der Waals surface area contributed by atoms with Crippen LogP contribution in [0.15, 0.2) is 72.9 Å². The number of amides is 2. The van der Waals surface area contributed by atoms with Crippen LogP contribution in [0, 0.1) is 0 Å². The van der Waals surface area contributed by atoms with Crippen LogP contribution < -0.4 is 10.2 Å². The predicted molar refractivity (Wildman–Crippen MR) is 128 cm³/mol. The number of fused-ring (bicyclic) bond motifs is 3. The molecule has 2 aromatic carbocycles. The molecule has 0 fully saturated rings. The molecule has 0 bridgehead atoms. The van der Waals surface area contributed by atoms with Crippen molar-refractivity contribution in [3.05, 3.63) is 84.2 Å². The van der Waals surface area contributed by atoms with E-state index in [-0.39, 0.29) is 18.2 Å². The van der Waals surface area contributed by atoms with Crippen LogP contribution in [0.4, 0.5) is 11.6 Å². The number of aromatic nitrogens is 3. The summed E-state index contributed by atoms with van der Waals surface area (Å²) in [5, 5.41) is 2.94. The highest BCUT2D eigenvalue weighted by molar-refractivity contribution is 6.05. The zero-order valence-corrected chi connectivity index (χ0v) is 18.6. The number of rotatable bonds is 6. The van der Waals surface area contributed by atoms with Crippen LogP contribution in [0.1, 0.15) is 43.5 Å². The number of anilines is 2. The van der Waals surface area contributed by atoms with E-state index >= 15 is 0 Å². The van der Waals surface area contributed by atoms with E-state index in [1.807, 2.05) is 71.3 Å². The molecule has 2 aromatic heterocycles. The quantitative estimate of drug-likeness (QED) is 0.473. The van der Waals surface area contributed by atoms with Crippen LogP contribution in [-0.2, 0) is 16.1 Å². The molecule has 3 heterocycles. The maximum Gasteiger partial charge on any atom is 0.253 e. The predicted octanol–water partition coefficient (Wildman–Crippen LogP) is 4.67. The average molecular weight is 440 g/mol. The number of carbonyl (C=O) groups excluding carboxylic acids is 2. The van der Waals surface area contributed by atoms with Crippen molar-refractivity contribution in [3.63, 3.8) is 0 Å². The van der Waals surface area contributed by atoms with Crippen molar-refractivity contribution in [2.24, 2.45) is 0 Å². The molecular formula is C26H25N5O2. The molecule has 166 valence electrons. The molecule has 0 radical (unpaired) electrons. The first kappa shape index (κ1) is 20.9. The first-order chi connectivity index (χ1) is 16.0. The molecular weight excluding hydrogens is 414 g/mol. The number of pyridine rings is 1. The van der Waals surface area contributed by atoms with Crippen molar-refractivity contribution in [3.8, 4) is 0 Å². The van der Waals surface area contributed by atoms with Gasteiger partial charge in [-0.2, -0.15) is 0 Å². The summed E-state index contributed by atoms with van der Waals surface area (Å²) >= 11 is 0. The molecule has 5 rings (SSSR count). The van der Waals surface area contributed by atoms with Crippen molar-refractivity contribution >= 4 is 34.5 Å². The van der Waals surface area contributed by atoms with Gasteiger partial charge in [0.05, 0.1) is 29.7 Å². The third-order valence-electron chi connectivity index (χ3n) is 5.97. The monoisotopic (exact) mass is 439 g/mol. The topological polar surface area (TPSA) is 80.1 Å². The van der Waals surface area contributed by atoms with Gasteiger partial charge in [0.15, 0.2) is 0 Å². The van der Waals surface area contributed by atoms with Gasteiger partial charge in [0.2, 0.25) is 11.9 Å². The van der Waals surface area contributed by atoms with Crippen molar-refractivity contribution in [1.82, 2.24) is 14.5 Å². The summed E-state index contributed by atoms with van der Waals surface area (Å²) in [4.78, 5) is 37.0. The second-order valence-corrected chi connectivity index (χ2v) is 8.56. The summed E-state index contributed by atoms with van der Waals surface area (Å²) in [5.74, 6) is 0.600. The normalized spacial score (nSPS) is 15.3. The lowest BCUT2D eigenvalue weighted by Crippen LogP contribution is -2.31. The fraction of sp³-hybridized carbons (Fsp3) is 0.231. The molecule has 7 nitrogen and oxygen atoms in total. The fourth-order valence-corrected chi connectivity index (χ4v) is 4.24. The lowest BCUT2D eigenvalue weighted by Gasteiger charge is -2.15. The molecule has 0 aliphatic carbocycles. The molecule has 1 atom stereocenters. The van der Waals surface area contributed by atoms with Gasteiger partial charge in [0, 0.05) is 11.9 Å². The van der Waals surface area contributed by atoms with Crippen LogP contribution in [0.3, 0.4) is 0 Å².